The number of hydrogen-bond donors (Lipinski definition) is 2. The summed E-state index contributed by atoms with van der Waals surface area (Å²) in [5.74, 6) is -1.03. The number of ether oxygens (including phenoxy) is 1. The van der Waals surface area contributed by atoms with Crippen molar-refractivity contribution in [3.8, 4) is 0 Å². The van der Waals surface area contributed by atoms with Gasteiger partial charge in [0.15, 0.2) is 0 Å². The third-order valence-corrected chi connectivity index (χ3v) is 3.44. The standard InChI is InChI=1S/C12H15BrN2O3/c13-8-1-2-10(15-3-5-18-6-4-15)9(7-8)11(14)12(16)17/h1-2,7,11H,3-6,14H2,(H,16,17)/t11-/m0/s1. The average Bonchev–Trinajstić information content (AvgIpc) is 2.38. The molecule has 3 N–H and O–H groups in total. The first-order chi connectivity index (χ1) is 8.59. The Hall–Kier alpha value is -1.11. The zero-order valence-corrected chi connectivity index (χ0v) is 11.4. The highest BCUT2D eigenvalue weighted by Gasteiger charge is 2.22. The zero-order valence-electron chi connectivity index (χ0n) is 9.80. The van der Waals surface area contributed by atoms with Crippen molar-refractivity contribution in [2.24, 2.45) is 5.73 Å². The van der Waals surface area contributed by atoms with Gasteiger partial charge in [-0.3, -0.25) is 4.79 Å². The summed E-state index contributed by atoms with van der Waals surface area (Å²) >= 11 is 3.35. The van der Waals surface area contributed by atoms with Crippen LogP contribution in [0.15, 0.2) is 22.7 Å². The van der Waals surface area contributed by atoms with E-state index in [2.05, 4.69) is 20.8 Å². The second-order valence-electron chi connectivity index (χ2n) is 4.12. The second-order valence-corrected chi connectivity index (χ2v) is 5.03. The number of hydrogen-bond acceptors (Lipinski definition) is 4. The first-order valence-corrected chi connectivity index (χ1v) is 6.49. The Morgan fingerprint density at radius 2 is 2.11 bits per heavy atom. The van der Waals surface area contributed by atoms with Crippen LogP contribution in [0.25, 0.3) is 0 Å². The van der Waals surface area contributed by atoms with E-state index in [1.165, 1.54) is 0 Å². The quantitative estimate of drug-likeness (QED) is 0.881. The minimum atomic E-state index is -1.03. The van der Waals surface area contributed by atoms with Crippen LogP contribution in [0, 0.1) is 0 Å². The van der Waals surface area contributed by atoms with E-state index in [9.17, 15) is 4.79 Å². The Bertz CT molecular complexity index is 447. The molecular formula is C12H15BrN2O3. The maximum Gasteiger partial charge on any atom is 0.325 e. The van der Waals surface area contributed by atoms with Gasteiger partial charge < -0.3 is 20.5 Å². The molecule has 98 valence electrons. The van der Waals surface area contributed by atoms with Crippen molar-refractivity contribution >= 4 is 27.6 Å². The highest BCUT2D eigenvalue weighted by atomic mass is 79.9. The molecule has 0 unspecified atom stereocenters. The molecule has 5 nitrogen and oxygen atoms in total. The van der Waals surface area contributed by atoms with Crippen molar-refractivity contribution in [3.63, 3.8) is 0 Å². The number of halogens is 1. The summed E-state index contributed by atoms with van der Waals surface area (Å²) in [5.41, 5.74) is 7.23. The van der Waals surface area contributed by atoms with E-state index in [0.29, 0.717) is 18.8 Å². The molecule has 1 aliphatic rings. The van der Waals surface area contributed by atoms with Gasteiger partial charge in [-0.05, 0) is 18.2 Å². The summed E-state index contributed by atoms with van der Waals surface area (Å²) in [6.45, 7) is 2.80. The summed E-state index contributed by atoms with van der Waals surface area (Å²) in [5, 5.41) is 9.07. The lowest BCUT2D eigenvalue weighted by molar-refractivity contribution is -0.138. The van der Waals surface area contributed by atoms with Crippen molar-refractivity contribution in [2.45, 2.75) is 6.04 Å². The van der Waals surface area contributed by atoms with E-state index in [1.54, 1.807) is 6.07 Å². The molecule has 1 aromatic carbocycles. The SMILES string of the molecule is N[C@H](C(=O)O)c1cc(Br)ccc1N1CCOCC1. The van der Waals surface area contributed by atoms with Crippen molar-refractivity contribution in [1.82, 2.24) is 0 Å². The van der Waals surface area contributed by atoms with Crippen LogP contribution in [0.4, 0.5) is 5.69 Å². The molecule has 0 amide bonds. The van der Waals surface area contributed by atoms with Gasteiger partial charge in [-0.2, -0.15) is 0 Å². The van der Waals surface area contributed by atoms with Gasteiger partial charge in [0.2, 0.25) is 0 Å². The number of carboxylic acids is 1. The first-order valence-electron chi connectivity index (χ1n) is 5.70. The van der Waals surface area contributed by atoms with Gasteiger partial charge in [-0.25, -0.2) is 0 Å². The van der Waals surface area contributed by atoms with E-state index in [1.807, 2.05) is 12.1 Å². The van der Waals surface area contributed by atoms with Crippen LogP contribution >= 0.6 is 15.9 Å². The smallest absolute Gasteiger partial charge is 0.325 e. The zero-order chi connectivity index (χ0) is 13.1. The molecule has 0 spiro atoms. The van der Waals surface area contributed by atoms with Gasteiger partial charge in [0.05, 0.1) is 13.2 Å². The van der Waals surface area contributed by atoms with Crippen LogP contribution in [0.5, 0.6) is 0 Å². The third kappa shape index (κ3) is 2.82. The largest absolute Gasteiger partial charge is 0.480 e. The van der Waals surface area contributed by atoms with Gasteiger partial charge in [0.25, 0.3) is 0 Å². The molecule has 1 heterocycles. The number of rotatable bonds is 3. The molecule has 1 aliphatic heterocycles. The van der Waals surface area contributed by atoms with Gasteiger partial charge in [-0.1, -0.05) is 15.9 Å². The van der Waals surface area contributed by atoms with E-state index >= 15 is 0 Å². The fourth-order valence-electron chi connectivity index (χ4n) is 2.00. The predicted octanol–water partition coefficient (Wildman–Crippen LogP) is 1.37. The summed E-state index contributed by atoms with van der Waals surface area (Å²) in [7, 11) is 0. The fraction of sp³-hybridized carbons (Fsp3) is 0.417. The Kier molecular flexibility index (Phi) is 4.21. The lowest BCUT2D eigenvalue weighted by atomic mass is 10.0. The molecule has 0 radical (unpaired) electrons. The van der Waals surface area contributed by atoms with E-state index < -0.39 is 12.0 Å². The molecule has 1 fully saturated rings. The Balaban J connectivity index is 2.36. The summed E-state index contributed by atoms with van der Waals surface area (Å²) < 4.78 is 6.12. The highest BCUT2D eigenvalue weighted by Crippen LogP contribution is 2.29. The minimum Gasteiger partial charge on any atom is -0.480 e. The number of benzene rings is 1. The van der Waals surface area contributed by atoms with Gasteiger partial charge in [0.1, 0.15) is 6.04 Å². The normalized spacial score (nSPS) is 17.6. The molecule has 1 aromatic rings. The van der Waals surface area contributed by atoms with Crippen LogP contribution in [-0.4, -0.2) is 37.4 Å². The molecule has 0 aliphatic carbocycles. The summed E-state index contributed by atoms with van der Waals surface area (Å²) in [6.07, 6.45) is 0. The first kappa shape index (κ1) is 13.3. The third-order valence-electron chi connectivity index (χ3n) is 2.94. The van der Waals surface area contributed by atoms with Crippen molar-refractivity contribution in [2.75, 3.05) is 31.2 Å². The number of nitrogens with two attached hydrogens (primary N) is 1. The molecule has 1 saturated heterocycles. The number of morpholine rings is 1. The monoisotopic (exact) mass is 314 g/mol. The van der Waals surface area contributed by atoms with E-state index in [-0.39, 0.29) is 0 Å². The molecule has 0 bridgehead atoms. The highest BCUT2D eigenvalue weighted by molar-refractivity contribution is 9.10. The average molecular weight is 315 g/mol. The Morgan fingerprint density at radius 1 is 1.44 bits per heavy atom. The number of aliphatic carboxylic acids is 1. The lowest BCUT2D eigenvalue weighted by Gasteiger charge is -2.31. The Labute approximate surface area is 114 Å². The molecular weight excluding hydrogens is 300 g/mol. The molecule has 0 aromatic heterocycles. The summed E-state index contributed by atoms with van der Waals surface area (Å²) in [6, 6.07) is 4.54. The lowest BCUT2D eigenvalue weighted by Crippen LogP contribution is -2.37. The van der Waals surface area contributed by atoms with Crippen molar-refractivity contribution < 1.29 is 14.6 Å². The minimum absolute atomic E-state index is 0.624. The molecule has 18 heavy (non-hydrogen) atoms. The van der Waals surface area contributed by atoms with Crippen LogP contribution in [0.3, 0.4) is 0 Å². The number of carboxylic acid groups (broad SMARTS) is 1. The van der Waals surface area contributed by atoms with Gasteiger partial charge in [0, 0.05) is 28.8 Å². The van der Waals surface area contributed by atoms with Gasteiger partial charge >= 0.3 is 5.97 Å². The molecule has 0 saturated carbocycles. The predicted molar refractivity (Wildman–Crippen MR) is 71.7 cm³/mol. The topological polar surface area (TPSA) is 75.8 Å². The van der Waals surface area contributed by atoms with Crippen LogP contribution in [0.1, 0.15) is 11.6 Å². The van der Waals surface area contributed by atoms with Crippen molar-refractivity contribution in [3.05, 3.63) is 28.2 Å². The fourth-order valence-corrected chi connectivity index (χ4v) is 2.38. The van der Waals surface area contributed by atoms with Crippen LogP contribution in [0.2, 0.25) is 0 Å². The number of nitrogens with zero attached hydrogens (tertiary/aromatic N) is 1. The van der Waals surface area contributed by atoms with Crippen LogP contribution < -0.4 is 10.6 Å². The molecule has 2 rings (SSSR count). The maximum atomic E-state index is 11.1. The summed E-state index contributed by atoms with van der Waals surface area (Å²) in [4.78, 5) is 13.2. The Morgan fingerprint density at radius 3 is 2.72 bits per heavy atom. The van der Waals surface area contributed by atoms with Crippen molar-refractivity contribution in [1.29, 1.82) is 0 Å². The second kappa shape index (κ2) is 5.69. The van der Waals surface area contributed by atoms with E-state index in [0.717, 1.165) is 23.2 Å². The van der Waals surface area contributed by atoms with Crippen LogP contribution in [-0.2, 0) is 9.53 Å². The maximum absolute atomic E-state index is 11.1. The number of carbonyl (C=O) groups is 1. The van der Waals surface area contributed by atoms with E-state index in [4.69, 9.17) is 15.6 Å². The molecule has 6 heteroatoms. The van der Waals surface area contributed by atoms with Gasteiger partial charge in [-0.15, -0.1) is 0 Å². The molecule has 1 atom stereocenters. The number of anilines is 1.